The van der Waals surface area contributed by atoms with E-state index in [1.54, 1.807) is 6.33 Å². The summed E-state index contributed by atoms with van der Waals surface area (Å²) in [5.41, 5.74) is 16.4. The molecule has 6 nitrogen and oxygen atoms in total. The van der Waals surface area contributed by atoms with Gasteiger partial charge in [0.1, 0.15) is 17.9 Å². The zero-order chi connectivity index (χ0) is 19.8. The Kier molecular flexibility index (Phi) is 4.41. The number of nitrogen functional groups attached to an aromatic ring is 1. The highest BCUT2D eigenvalue weighted by Gasteiger charge is 2.26. The van der Waals surface area contributed by atoms with Gasteiger partial charge in [-0.15, -0.1) is 0 Å². The first-order valence-corrected chi connectivity index (χ1v) is 9.90. The Morgan fingerprint density at radius 1 is 0.897 bits per heavy atom. The van der Waals surface area contributed by atoms with Crippen molar-refractivity contribution in [1.29, 1.82) is 0 Å². The Bertz CT molecular complexity index is 1130. The van der Waals surface area contributed by atoms with Gasteiger partial charge >= 0.3 is 0 Å². The van der Waals surface area contributed by atoms with Crippen LogP contribution in [0.2, 0.25) is 0 Å². The van der Waals surface area contributed by atoms with Crippen LogP contribution in [0.4, 0.5) is 11.5 Å². The van der Waals surface area contributed by atoms with Crippen LogP contribution in [0.1, 0.15) is 12.8 Å². The summed E-state index contributed by atoms with van der Waals surface area (Å²) in [6, 6.07) is 18.2. The zero-order valence-electron chi connectivity index (χ0n) is 16.1. The molecule has 1 aliphatic rings. The number of anilines is 2. The van der Waals surface area contributed by atoms with E-state index < -0.39 is 0 Å². The van der Waals surface area contributed by atoms with Crippen LogP contribution in [-0.4, -0.2) is 29.1 Å². The normalized spacial score (nSPS) is 15.1. The third-order valence-corrected chi connectivity index (χ3v) is 5.54. The first-order valence-electron chi connectivity index (χ1n) is 9.90. The maximum absolute atomic E-state index is 6.29. The van der Waals surface area contributed by atoms with E-state index in [1.807, 2.05) is 42.5 Å². The van der Waals surface area contributed by atoms with Crippen molar-refractivity contribution in [3.05, 3.63) is 60.9 Å². The van der Waals surface area contributed by atoms with Crippen LogP contribution in [0.25, 0.3) is 33.6 Å². The fraction of sp³-hybridized carbons (Fsp3) is 0.217. The van der Waals surface area contributed by atoms with Crippen molar-refractivity contribution in [3.63, 3.8) is 0 Å². The standard InChI is InChI=1S/C23H23N5O/c24-17-8-6-16(7-9-17)21-19(15-4-2-1-3-5-15)20-22(26-14-27-23(20)29-21)28-12-10-18(25)11-13-28/h1-9,14,18H,10-13,24-25H2. The van der Waals surface area contributed by atoms with E-state index in [2.05, 4.69) is 27.0 Å². The summed E-state index contributed by atoms with van der Waals surface area (Å²) in [5.74, 6) is 1.69. The van der Waals surface area contributed by atoms with Crippen molar-refractivity contribution in [2.45, 2.75) is 18.9 Å². The average molecular weight is 385 g/mol. The van der Waals surface area contributed by atoms with Crippen LogP contribution in [0.5, 0.6) is 0 Å². The lowest BCUT2D eigenvalue weighted by atomic mass is 9.98. The lowest BCUT2D eigenvalue weighted by Crippen LogP contribution is -2.40. The van der Waals surface area contributed by atoms with Gasteiger partial charge in [0.2, 0.25) is 5.71 Å². The number of piperidine rings is 1. The molecule has 0 atom stereocenters. The van der Waals surface area contributed by atoms with Crippen LogP contribution in [-0.2, 0) is 0 Å². The van der Waals surface area contributed by atoms with Gasteiger partial charge in [-0.1, -0.05) is 30.3 Å². The van der Waals surface area contributed by atoms with Crippen LogP contribution in [0, 0.1) is 0 Å². The number of hydrogen-bond acceptors (Lipinski definition) is 6. The van der Waals surface area contributed by atoms with Gasteiger partial charge in [0, 0.05) is 35.9 Å². The van der Waals surface area contributed by atoms with Gasteiger partial charge in [0.15, 0.2) is 0 Å². The molecule has 0 unspecified atom stereocenters. The topological polar surface area (TPSA) is 94.2 Å². The van der Waals surface area contributed by atoms with Crippen LogP contribution in [0.3, 0.4) is 0 Å². The van der Waals surface area contributed by atoms with Crippen molar-refractivity contribution in [1.82, 2.24) is 9.97 Å². The zero-order valence-corrected chi connectivity index (χ0v) is 16.1. The Labute approximate surface area is 169 Å². The lowest BCUT2D eigenvalue weighted by Gasteiger charge is -2.31. The predicted molar refractivity (Wildman–Crippen MR) is 117 cm³/mol. The van der Waals surface area contributed by atoms with Crippen LogP contribution >= 0.6 is 0 Å². The van der Waals surface area contributed by atoms with Gasteiger partial charge in [-0.05, 0) is 42.7 Å². The second-order valence-corrected chi connectivity index (χ2v) is 7.50. The number of benzene rings is 2. The first-order chi connectivity index (χ1) is 14.2. The number of rotatable bonds is 3. The third kappa shape index (κ3) is 3.21. The van der Waals surface area contributed by atoms with E-state index in [4.69, 9.17) is 15.9 Å². The maximum Gasteiger partial charge on any atom is 0.232 e. The molecule has 0 radical (unpaired) electrons. The summed E-state index contributed by atoms with van der Waals surface area (Å²) < 4.78 is 6.29. The predicted octanol–water partition coefficient (Wildman–Crippen LogP) is 4.07. The molecule has 0 spiro atoms. The highest BCUT2D eigenvalue weighted by Crippen LogP contribution is 2.43. The molecule has 4 aromatic rings. The summed E-state index contributed by atoms with van der Waals surface area (Å²) in [7, 11) is 0. The third-order valence-electron chi connectivity index (χ3n) is 5.54. The highest BCUT2D eigenvalue weighted by molar-refractivity contribution is 6.06. The van der Waals surface area contributed by atoms with Crippen molar-refractivity contribution in [2.24, 2.45) is 5.73 Å². The molecule has 1 fully saturated rings. The summed E-state index contributed by atoms with van der Waals surface area (Å²) >= 11 is 0. The number of nitrogens with two attached hydrogens (primary N) is 2. The van der Waals surface area contributed by atoms with E-state index in [-0.39, 0.29) is 6.04 Å². The molecular weight excluding hydrogens is 362 g/mol. The molecule has 2 aromatic heterocycles. The number of fused-ring (bicyclic) bond motifs is 1. The summed E-state index contributed by atoms with van der Waals surface area (Å²) in [6.45, 7) is 1.76. The molecule has 1 aliphatic heterocycles. The minimum atomic E-state index is 0.256. The summed E-state index contributed by atoms with van der Waals surface area (Å²) in [5, 5.41) is 0.945. The molecule has 1 saturated heterocycles. The molecule has 3 heterocycles. The minimum absolute atomic E-state index is 0.256. The van der Waals surface area contributed by atoms with Gasteiger partial charge in [0.05, 0.1) is 5.39 Å². The molecule has 29 heavy (non-hydrogen) atoms. The molecular formula is C23H23N5O. The van der Waals surface area contributed by atoms with E-state index in [9.17, 15) is 0 Å². The molecule has 5 rings (SSSR count). The number of aromatic nitrogens is 2. The molecule has 0 aliphatic carbocycles. The minimum Gasteiger partial charge on any atom is -0.437 e. The van der Waals surface area contributed by atoms with Crippen molar-refractivity contribution in [2.75, 3.05) is 23.7 Å². The SMILES string of the molecule is Nc1ccc(-c2oc3ncnc(N4CCC(N)CC4)c3c2-c2ccccc2)cc1. The lowest BCUT2D eigenvalue weighted by molar-refractivity contribution is 0.499. The van der Waals surface area contributed by atoms with E-state index in [0.717, 1.165) is 65.3 Å². The number of nitrogens with zero attached hydrogens (tertiary/aromatic N) is 3. The second-order valence-electron chi connectivity index (χ2n) is 7.50. The molecule has 146 valence electrons. The highest BCUT2D eigenvalue weighted by atomic mass is 16.3. The van der Waals surface area contributed by atoms with Crippen LogP contribution in [0.15, 0.2) is 65.3 Å². The van der Waals surface area contributed by atoms with Crippen molar-refractivity contribution >= 4 is 22.6 Å². The number of hydrogen-bond donors (Lipinski definition) is 2. The fourth-order valence-electron chi connectivity index (χ4n) is 3.99. The van der Waals surface area contributed by atoms with E-state index in [0.29, 0.717) is 5.71 Å². The Balaban J connectivity index is 1.75. The first kappa shape index (κ1) is 17.7. The van der Waals surface area contributed by atoms with Crippen molar-refractivity contribution < 1.29 is 4.42 Å². The molecule has 0 bridgehead atoms. The number of furan rings is 1. The molecule has 4 N–H and O–H groups in total. The van der Waals surface area contributed by atoms with E-state index in [1.165, 1.54) is 0 Å². The largest absolute Gasteiger partial charge is 0.437 e. The van der Waals surface area contributed by atoms with Gasteiger partial charge in [-0.2, -0.15) is 0 Å². The molecule has 0 saturated carbocycles. The molecule has 0 amide bonds. The molecule has 2 aromatic carbocycles. The van der Waals surface area contributed by atoms with Gasteiger partial charge in [0.25, 0.3) is 0 Å². The Morgan fingerprint density at radius 3 is 2.34 bits per heavy atom. The summed E-state index contributed by atoms with van der Waals surface area (Å²) in [4.78, 5) is 11.4. The quantitative estimate of drug-likeness (QED) is 0.516. The van der Waals surface area contributed by atoms with Gasteiger partial charge < -0.3 is 20.8 Å². The van der Waals surface area contributed by atoms with Gasteiger partial charge in [-0.3, -0.25) is 0 Å². The fourth-order valence-corrected chi connectivity index (χ4v) is 3.99. The van der Waals surface area contributed by atoms with Crippen molar-refractivity contribution in [3.8, 4) is 22.5 Å². The Morgan fingerprint density at radius 2 is 1.62 bits per heavy atom. The summed E-state index contributed by atoms with van der Waals surface area (Å²) in [6.07, 6.45) is 3.49. The monoisotopic (exact) mass is 385 g/mol. The van der Waals surface area contributed by atoms with Gasteiger partial charge in [-0.25, -0.2) is 9.97 Å². The smallest absolute Gasteiger partial charge is 0.232 e. The Hall–Kier alpha value is -3.38. The maximum atomic E-state index is 6.29. The van der Waals surface area contributed by atoms with Crippen LogP contribution < -0.4 is 16.4 Å². The van der Waals surface area contributed by atoms with E-state index >= 15 is 0 Å². The molecule has 6 heteroatoms. The average Bonchev–Trinajstić information content (AvgIpc) is 3.15. The second kappa shape index (κ2) is 7.22.